The fraction of sp³-hybridized carbons (Fsp3) is 0.350. The quantitative estimate of drug-likeness (QED) is 0.720. The van der Waals surface area contributed by atoms with Gasteiger partial charge in [0.1, 0.15) is 5.75 Å². The molecular formula is C20H25N3O. The van der Waals surface area contributed by atoms with Crippen LogP contribution in [-0.2, 0) is 13.1 Å². The number of benzene rings is 2. The SMILES string of the molecule is CN(C)CCCOc1ccc(CNCc2ccc(C#N)cc2)cc1. The largest absolute Gasteiger partial charge is 0.494 e. The smallest absolute Gasteiger partial charge is 0.119 e. The highest BCUT2D eigenvalue weighted by Crippen LogP contribution is 2.12. The zero-order valence-electron chi connectivity index (χ0n) is 14.5. The minimum Gasteiger partial charge on any atom is -0.494 e. The summed E-state index contributed by atoms with van der Waals surface area (Å²) in [7, 11) is 4.14. The normalized spacial score (nSPS) is 10.6. The van der Waals surface area contributed by atoms with Crippen molar-refractivity contribution in [3.8, 4) is 11.8 Å². The predicted molar refractivity (Wildman–Crippen MR) is 96.8 cm³/mol. The molecule has 0 saturated heterocycles. The van der Waals surface area contributed by atoms with Crippen LogP contribution in [0, 0.1) is 11.3 Å². The van der Waals surface area contributed by atoms with E-state index in [4.69, 9.17) is 10.00 Å². The first-order chi connectivity index (χ1) is 11.7. The third-order valence-corrected chi connectivity index (χ3v) is 3.68. The summed E-state index contributed by atoms with van der Waals surface area (Å²) in [5, 5.41) is 12.2. The van der Waals surface area contributed by atoms with Crippen LogP contribution in [0.15, 0.2) is 48.5 Å². The molecule has 1 N–H and O–H groups in total. The van der Waals surface area contributed by atoms with Crippen LogP contribution in [0.4, 0.5) is 0 Å². The molecule has 2 rings (SSSR count). The number of ether oxygens (including phenoxy) is 1. The van der Waals surface area contributed by atoms with Gasteiger partial charge in [-0.15, -0.1) is 0 Å². The molecule has 0 amide bonds. The van der Waals surface area contributed by atoms with Crippen molar-refractivity contribution in [2.24, 2.45) is 0 Å². The number of hydrogen-bond acceptors (Lipinski definition) is 4. The Morgan fingerprint density at radius 3 is 2.08 bits per heavy atom. The first kappa shape index (κ1) is 18.0. The van der Waals surface area contributed by atoms with Gasteiger partial charge in [0.2, 0.25) is 0 Å². The summed E-state index contributed by atoms with van der Waals surface area (Å²) in [4.78, 5) is 2.16. The second kappa shape index (κ2) is 9.71. The molecule has 0 aliphatic heterocycles. The number of rotatable bonds is 9. The number of nitrogens with zero attached hydrogens (tertiary/aromatic N) is 2. The van der Waals surface area contributed by atoms with E-state index < -0.39 is 0 Å². The van der Waals surface area contributed by atoms with Gasteiger partial charge in [-0.05, 0) is 55.9 Å². The molecule has 0 heterocycles. The van der Waals surface area contributed by atoms with E-state index in [1.807, 2.05) is 36.4 Å². The molecule has 0 atom stereocenters. The van der Waals surface area contributed by atoms with Crippen molar-refractivity contribution in [2.75, 3.05) is 27.2 Å². The van der Waals surface area contributed by atoms with E-state index in [9.17, 15) is 0 Å². The second-order valence-corrected chi connectivity index (χ2v) is 6.06. The summed E-state index contributed by atoms with van der Waals surface area (Å²) in [5.74, 6) is 0.921. The molecule has 2 aromatic carbocycles. The zero-order chi connectivity index (χ0) is 17.2. The van der Waals surface area contributed by atoms with Crippen LogP contribution in [0.3, 0.4) is 0 Å². The molecule has 0 fully saturated rings. The number of nitriles is 1. The summed E-state index contributed by atoms with van der Waals surface area (Å²) >= 11 is 0. The van der Waals surface area contributed by atoms with Crippen LogP contribution in [0.5, 0.6) is 5.75 Å². The molecular weight excluding hydrogens is 298 g/mol. The fourth-order valence-electron chi connectivity index (χ4n) is 2.32. The Kier molecular flexibility index (Phi) is 7.28. The Labute approximate surface area is 144 Å². The fourth-order valence-corrected chi connectivity index (χ4v) is 2.32. The van der Waals surface area contributed by atoms with Crippen molar-refractivity contribution in [1.29, 1.82) is 5.26 Å². The van der Waals surface area contributed by atoms with Crippen LogP contribution in [0.25, 0.3) is 0 Å². The molecule has 0 aliphatic carbocycles. The van der Waals surface area contributed by atoms with Crippen LogP contribution in [0.2, 0.25) is 0 Å². The van der Waals surface area contributed by atoms with Crippen LogP contribution in [-0.4, -0.2) is 32.1 Å². The first-order valence-corrected chi connectivity index (χ1v) is 8.23. The Bertz CT molecular complexity index is 642. The first-order valence-electron chi connectivity index (χ1n) is 8.23. The van der Waals surface area contributed by atoms with Gasteiger partial charge in [0.05, 0.1) is 18.2 Å². The van der Waals surface area contributed by atoms with E-state index in [1.54, 1.807) is 0 Å². The molecule has 0 unspecified atom stereocenters. The van der Waals surface area contributed by atoms with Crippen LogP contribution < -0.4 is 10.1 Å². The minimum absolute atomic E-state index is 0.694. The van der Waals surface area contributed by atoms with Gasteiger partial charge in [-0.1, -0.05) is 24.3 Å². The van der Waals surface area contributed by atoms with Gasteiger partial charge in [0, 0.05) is 19.6 Å². The average molecular weight is 323 g/mol. The lowest BCUT2D eigenvalue weighted by atomic mass is 10.1. The van der Waals surface area contributed by atoms with Gasteiger partial charge >= 0.3 is 0 Å². The summed E-state index contributed by atoms with van der Waals surface area (Å²) in [6.07, 6.45) is 1.03. The van der Waals surface area contributed by atoms with Gasteiger partial charge < -0.3 is 15.0 Å². The topological polar surface area (TPSA) is 48.3 Å². The van der Waals surface area contributed by atoms with Gasteiger partial charge in [0.25, 0.3) is 0 Å². The molecule has 24 heavy (non-hydrogen) atoms. The van der Waals surface area contributed by atoms with Crippen molar-refractivity contribution in [3.63, 3.8) is 0 Å². The van der Waals surface area contributed by atoms with Crippen LogP contribution in [0.1, 0.15) is 23.1 Å². The highest BCUT2D eigenvalue weighted by Gasteiger charge is 1.98. The minimum atomic E-state index is 0.694. The number of nitrogens with one attached hydrogen (secondary N) is 1. The van der Waals surface area contributed by atoms with E-state index in [2.05, 4.69) is 42.5 Å². The van der Waals surface area contributed by atoms with Gasteiger partial charge in [-0.3, -0.25) is 0 Å². The Hall–Kier alpha value is -2.35. The molecule has 0 radical (unpaired) electrons. The molecule has 4 nitrogen and oxygen atoms in total. The standard InChI is InChI=1S/C20H25N3O/c1-23(2)12-3-13-24-20-10-8-19(9-11-20)16-22-15-18-6-4-17(14-21)5-7-18/h4-11,22H,3,12-13,15-16H2,1-2H3. The van der Waals surface area contributed by atoms with E-state index in [-0.39, 0.29) is 0 Å². The summed E-state index contributed by atoms with van der Waals surface area (Å²) in [6, 6.07) is 18.0. The van der Waals surface area contributed by atoms with Crippen molar-refractivity contribution in [3.05, 3.63) is 65.2 Å². The maximum atomic E-state index is 8.79. The van der Waals surface area contributed by atoms with Crippen molar-refractivity contribution in [2.45, 2.75) is 19.5 Å². The summed E-state index contributed by atoms with van der Waals surface area (Å²) in [6.45, 7) is 3.38. The second-order valence-electron chi connectivity index (χ2n) is 6.06. The molecule has 0 saturated carbocycles. The lowest BCUT2D eigenvalue weighted by molar-refractivity contribution is 0.281. The number of hydrogen-bond donors (Lipinski definition) is 1. The van der Waals surface area contributed by atoms with Crippen LogP contribution >= 0.6 is 0 Å². The molecule has 2 aromatic rings. The predicted octanol–water partition coefficient (Wildman–Crippen LogP) is 3.18. The van der Waals surface area contributed by atoms with Crippen molar-refractivity contribution < 1.29 is 4.74 Å². The van der Waals surface area contributed by atoms with Gasteiger partial charge in [0.15, 0.2) is 0 Å². The molecule has 0 aromatic heterocycles. The van der Waals surface area contributed by atoms with Crippen molar-refractivity contribution >= 4 is 0 Å². The molecule has 0 spiro atoms. The Morgan fingerprint density at radius 2 is 1.54 bits per heavy atom. The maximum Gasteiger partial charge on any atom is 0.119 e. The zero-order valence-corrected chi connectivity index (χ0v) is 14.5. The third kappa shape index (κ3) is 6.41. The maximum absolute atomic E-state index is 8.79. The average Bonchev–Trinajstić information content (AvgIpc) is 2.60. The van der Waals surface area contributed by atoms with Gasteiger partial charge in [-0.2, -0.15) is 5.26 Å². The van der Waals surface area contributed by atoms with E-state index in [1.165, 1.54) is 11.1 Å². The van der Waals surface area contributed by atoms with E-state index >= 15 is 0 Å². The lowest BCUT2D eigenvalue weighted by Crippen LogP contribution is -2.15. The Morgan fingerprint density at radius 1 is 0.958 bits per heavy atom. The van der Waals surface area contributed by atoms with E-state index in [0.717, 1.165) is 38.4 Å². The molecule has 4 heteroatoms. The summed E-state index contributed by atoms with van der Waals surface area (Å²) < 4.78 is 5.73. The molecule has 126 valence electrons. The highest BCUT2D eigenvalue weighted by atomic mass is 16.5. The third-order valence-electron chi connectivity index (χ3n) is 3.68. The van der Waals surface area contributed by atoms with Crippen molar-refractivity contribution in [1.82, 2.24) is 10.2 Å². The molecule has 0 aliphatic rings. The highest BCUT2D eigenvalue weighted by molar-refractivity contribution is 5.31. The monoisotopic (exact) mass is 323 g/mol. The van der Waals surface area contributed by atoms with Gasteiger partial charge in [-0.25, -0.2) is 0 Å². The summed E-state index contributed by atoms with van der Waals surface area (Å²) in [5.41, 5.74) is 3.10. The van der Waals surface area contributed by atoms with E-state index in [0.29, 0.717) is 5.56 Å². The Balaban J connectivity index is 1.70. The molecule has 0 bridgehead atoms. The lowest BCUT2D eigenvalue weighted by Gasteiger charge is -2.11.